The second kappa shape index (κ2) is 6.04. The monoisotopic (exact) mass is 228 g/mol. The van der Waals surface area contributed by atoms with E-state index in [0.717, 1.165) is 0 Å². The summed E-state index contributed by atoms with van der Waals surface area (Å²) in [5.41, 5.74) is 0. The van der Waals surface area contributed by atoms with Gasteiger partial charge in [-0.2, -0.15) is 0 Å². The first-order valence-electron chi connectivity index (χ1n) is 4.65. The first-order chi connectivity index (χ1) is 7.65. The van der Waals surface area contributed by atoms with E-state index in [1.807, 2.05) is 0 Å². The third-order valence-corrected chi connectivity index (χ3v) is 1.79. The molecule has 0 fully saturated rings. The maximum atomic E-state index is 10.2. The smallest absolute Gasteiger partial charge is 0.331 e. The van der Waals surface area contributed by atoms with E-state index in [4.69, 9.17) is 10.2 Å². The van der Waals surface area contributed by atoms with E-state index in [2.05, 4.69) is 9.47 Å². The molecule has 0 spiro atoms. The van der Waals surface area contributed by atoms with Crippen molar-refractivity contribution in [2.24, 2.45) is 0 Å². The summed E-state index contributed by atoms with van der Waals surface area (Å²) in [5, 5.41) is 16.7. The summed E-state index contributed by atoms with van der Waals surface area (Å²) >= 11 is 0. The molecule has 2 rings (SSSR count). The average molecular weight is 228 g/mol. The van der Waals surface area contributed by atoms with Gasteiger partial charge in [0.2, 0.25) is 0 Å². The van der Waals surface area contributed by atoms with Crippen LogP contribution in [-0.2, 0) is 19.1 Å². The molecule has 0 saturated carbocycles. The summed E-state index contributed by atoms with van der Waals surface area (Å²) in [5.74, 6) is -0.742. The van der Waals surface area contributed by atoms with Crippen LogP contribution in [0.4, 0.5) is 0 Å². The van der Waals surface area contributed by atoms with Gasteiger partial charge in [-0.1, -0.05) is 0 Å². The molecule has 0 saturated heterocycles. The summed E-state index contributed by atoms with van der Waals surface area (Å²) in [6, 6.07) is 0. The predicted octanol–water partition coefficient (Wildman–Crippen LogP) is -1.08. The maximum Gasteiger partial charge on any atom is 0.331 e. The first-order valence-corrected chi connectivity index (χ1v) is 4.65. The van der Waals surface area contributed by atoms with E-state index in [-0.39, 0.29) is 25.2 Å². The highest BCUT2D eigenvalue weighted by molar-refractivity contribution is 5.84. The number of hydrogen-bond acceptors (Lipinski definition) is 6. The van der Waals surface area contributed by atoms with Crippen molar-refractivity contribution in [2.75, 3.05) is 13.2 Å². The zero-order valence-corrected chi connectivity index (χ0v) is 8.41. The second-order valence-electron chi connectivity index (χ2n) is 3.03. The molecule has 2 unspecified atom stereocenters. The Balaban J connectivity index is 0.000000160. The lowest BCUT2D eigenvalue weighted by Crippen LogP contribution is -2.11. The van der Waals surface area contributed by atoms with Crippen LogP contribution in [0.1, 0.15) is 0 Å². The average Bonchev–Trinajstić information content (AvgIpc) is 2.88. The molecule has 2 heterocycles. The predicted molar refractivity (Wildman–Crippen MR) is 52.2 cm³/mol. The molecule has 6 heteroatoms. The van der Waals surface area contributed by atoms with Gasteiger partial charge in [0.15, 0.2) is 0 Å². The van der Waals surface area contributed by atoms with E-state index >= 15 is 0 Å². The number of carbonyl (C=O) groups excluding carboxylic acids is 2. The molecule has 2 aliphatic heterocycles. The fourth-order valence-electron chi connectivity index (χ4n) is 1.02. The molecule has 16 heavy (non-hydrogen) atoms. The highest BCUT2D eigenvalue weighted by Gasteiger charge is 2.14. The Hall–Kier alpha value is -1.66. The highest BCUT2D eigenvalue weighted by Crippen LogP contribution is 2.02. The Bertz CT molecular complexity index is 287. The van der Waals surface area contributed by atoms with Crippen LogP contribution in [-0.4, -0.2) is 47.6 Å². The molecule has 0 aromatic heterocycles. The van der Waals surface area contributed by atoms with Crippen molar-refractivity contribution in [3.05, 3.63) is 24.3 Å². The van der Waals surface area contributed by atoms with Crippen molar-refractivity contribution >= 4 is 11.9 Å². The summed E-state index contributed by atoms with van der Waals surface area (Å²) < 4.78 is 9.02. The highest BCUT2D eigenvalue weighted by atomic mass is 16.6. The minimum atomic E-state index is -0.400. The molecule has 0 aromatic carbocycles. The standard InChI is InChI=1S/2C5H6O3/c2*6-3-4-1-2-5(7)8-4/h2*1-2,4,6H,3H2. The molecule has 0 aliphatic carbocycles. The number of rotatable bonds is 2. The minimum Gasteiger partial charge on any atom is -0.452 e. The number of carbonyl (C=O) groups is 2. The number of cyclic esters (lactones) is 2. The fourth-order valence-corrected chi connectivity index (χ4v) is 1.02. The van der Waals surface area contributed by atoms with Gasteiger partial charge in [0, 0.05) is 12.2 Å². The van der Waals surface area contributed by atoms with Crippen molar-refractivity contribution < 1.29 is 29.3 Å². The second-order valence-corrected chi connectivity index (χ2v) is 3.03. The van der Waals surface area contributed by atoms with Crippen LogP contribution in [0.25, 0.3) is 0 Å². The van der Waals surface area contributed by atoms with Crippen molar-refractivity contribution in [3.8, 4) is 0 Å². The maximum absolute atomic E-state index is 10.2. The minimum absolute atomic E-state index is 0.123. The quantitative estimate of drug-likeness (QED) is 0.584. The van der Waals surface area contributed by atoms with Crippen LogP contribution in [0, 0.1) is 0 Å². The first kappa shape index (κ1) is 12.4. The van der Waals surface area contributed by atoms with Gasteiger partial charge in [0.1, 0.15) is 12.2 Å². The van der Waals surface area contributed by atoms with Gasteiger partial charge in [0.05, 0.1) is 13.2 Å². The molecule has 0 amide bonds. The van der Waals surface area contributed by atoms with Gasteiger partial charge in [-0.3, -0.25) is 0 Å². The number of aliphatic hydroxyl groups excluding tert-OH is 2. The van der Waals surface area contributed by atoms with Gasteiger partial charge in [-0.25, -0.2) is 9.59 Å². The van der Waals surface area contributed by atoms with Crippen molar-refractivity contribution in [1.82, 2.24) is 0 Å². The normalized spacial score (nSPS) is 26.1. The zero-order valence-electron chi connectivity index (χ0n) is 8.41. The molecule has 2 atom stereocenters. The lowest BCUT2D eigenvalue weighted by atomic mass is 10.4. The molecular weight excluding hydrogens is 216 g/mol. The van der Waals surface area contributed by atoms with E-state index in [0.29, 0.717) is 0 Å². The Morgan fingerprint density at radius 2 is 1.31 bits per heavy atom. The van der Waals surface area contributed by atoms with E-state index in [1.165, 1.54) is 24.3 Å². The Labute approximate surface area is 91.8 Å². The number of ether oxygens (including phenoxy) is 2. The summed E-state index contributed by atoms with van der Waals surface area (Å²) in [6.07, 6.45) is 4.87. The van der Waals surface area contributed by atoms with Crippen LogP contribution < -0.4 is 0 Å². The van der Waals surface area contributed by atoms with Crippen LogP contribution in [0.3, 0.4) is 0 Å². The van der Waals surface area contributed by atoms with Crippen LogP contribution in [0.15, 0.2) is 24.3 Å². The Kier molecular flexibility index (Phi) is 4.68. The molecule has 6 nitrogen and oxygen atoms in total. The SMILES string of the molecule is O=C1C=CC(CO)O1.O=C1C=CC(CO)O1. The Morgan fingerprint density at radius 1 is 0.938 bits per heavy atom. The molecule has 0 radical (unpaired) electrons. The van der Waals surface area contributed by atoms with Gasteiger partial charge in [0.25, 0.3) is 0 Å². The van der Waals surface area contributed by atoms with E-state index in [1.54, 1.807) is 0 Å². The molecule has 2 N–H and O–H groups in total. The van der Waals surface area contributed by atoms with Gasteiger partial charge < -0.3 is 19.7 Å². The third-order valence-electron chi connectivity index (χ3n) is 1.79. The number of hydrogen-bond donors (Lipinski definition) is 2. The molecule has 0 aromatic rings. The Morgan fingerprint density at radius 3 is 1.44 bits per heavy atom. The largest absolute Gasteiger partial charge is 0.452 e. The van der Waals surface area contributed by atoms with Gasteiger partial charge in [-0.15, -0.1) is 0 Å². The third kappa shape index (κ3) is 3.84. The molecular formula is C10H12O6. The van der Waals surface area contributed by atoms with Crippen molar-refractivity contribution in [3.63, 3.8) is 0 Å². The van der Waals surface area contributed by atoms with Crippen LogP contribution in [0.5, 0.6) is 0 Å². The van der Waals surface area contributed by atoms with E-state index < -0.39 is 12.2 Å². The molecule has 0 bridgehead atoms. The lowest BCUT2D eigenvalue weighted by Gasteiger charge is -2.00. The summed E-state index contributed by atoms with van der Waals surface area (Å²) in [6.45, 7) is -0.246. The zero-order chi connectivity index (χ0) is 12.0. The molecule has 2 aliphatic rings. The topological polar surface area (TPSA) is 93.1 Å². The number of esters is 2. The summed E-state index contributed by atoms with van der Waals surface area (Å²) in [4.78, 5) is 20.4. The molecule has 88 valence electrons. The van der Waals surface area contributed by atoms with Crippen LogP contribution >= 0.6 is 0 Å². The number of aliphatic hydroxyl groups is 2. The fraction of sp³-hybridized carbons (Fsp3) is 0.400. The lowest BCUT2D eigenvalue weighted by molar-refractivity contribution is -0.140. The summed E-state index contributed by atoms with van der Waals surface area (Å²) in [7, 11) is 0. The van der Waals surface area contributed by atoms with Crippen molar-refractivity contribution in [2.45, 2.75) is 12.2 Å². The van der Waals surface area contributed by atoms with Gasteiger partial charge >= 0.3 is 11.9 Å². The van der Waals surface area contributed by atoms with E-state index in [9.17, 15) is 9.59 Å². The van der Waals surface area contributed by atoms with Gasteiger partial charge in [-0.05, 0) is 12.2 Å². The van der Waals surface area contributed by atoms with Crippen LogP contribution in [0.2, 0.25) is 0 Å². The van der Waals surface area contributed by atoms with Crippen molar-refractivity contribution in [1.29, 1.82) is 0 Å².